The van der Waals surface area contributed by atoms with Crippen LogP contribution in [0.4, 0.5) is 0 Å². The van der Waals surface area contributed by atoms with Crippen LogP contribution in [0.1, 0.15) is 70.6 Å². The highest BCUT2D eigenvalue weighted by Gasteiger charge is 2.35. The third kappa shape index (κ3) is 3.87. The summed E-state index contributed by atoms with van der Waals surface area (Å²) in [6, 6.07) is 3.27. The molecule has 2 N–H and O–H groups in total. The molecule has 25 heavy (non-hydrogen) atoms. The van der Waals surface area contributed by atoms with Gasteiger partial charge in [0.2, 0.25) is 0 Å². The molecular weight excluding hydrogens is 324 g/mol. The van der Waals surface area contributed by atoms with Crippen LogP contribution in [-0.4, -0.2) is 46.3 Å². The van der Waals surface area contributed by atoms with E-state index in [1.54, 1.807) is 0 Å². The molecule has 2 rings (SSSR count). The maximum Gasteiger partial charge on any atom is 0.326 e. The second-order valence-corrected chi connectivity index (χ2v) is 6.03. The number of amides is 3. The maximum atomic E-state index is 12.4. The van der Waals surface area contributed by atoms with Crippen LogP contribution >= 0.6 is 0 Å². The quantitative estimate of drug-likeness (QED) is 0.701. The Kier molecular flexibility index (Phi) is 5.90. The van der Waals surface area contributed by atoms with E-state index in [9.17, 15) is 19.2 Å². The first-order chi connectivity index (χ1) is 11.9. The van der Waals surface area contributed by atoms with Gasteiger partial charge in [0.1, 0.15) is 6.04 Å². The minimum absolute atomic E-state index is 0.166. The fourth-order valence-corrected chi connectivity index (χ4v) is 2.74. The number of unbranched alkanes of at least 4 members (excludes halogenated alkanes) is 1. The molecule has 1 aromatic rings. The molecule has 0 fully saturated rings. The Balaban J connectivity index is 2.21. The number of rotatable bonds is 8. The standard InChI is InChI=1S/C18H22N2O5/c1-3-5-9-20-16(22)12-8-7-11(10-13(12)17(20)23)15(21)19-14(6-4-2)18(24)25/h7-8,10,14H,3-6,9H2,1-2H3,(H,19,21)(H,24,25). The number of carboxylic acids is 1. The van der Waals surface area contributed by atoms with Gasteiger partial charge in [-0.25, -0.2) is 4.79 Å². The molecule has 0 saturated heterocycles. The summed E-state index contributed by atoms with van der Waals surface area (Å²) in [5.41, 5.74) is 0.636. The average Bonchev–Trinajstić information content (AvgIpc) is 2.83. The highest BCUT2D eigenvalue weighted by atomic mass is 16.4. The van der Waals surface area contributed by atoms with E-state index in [1.165, 1.54) is 23.1 Å². The number of nitrogens with one attached hydrogen (secondary N) is 1. The van der Waals surface area contributed by atoms with Crippen molar-refractivity contribution >= 4 is 23.7 Å². The summed E-state index contributed by atoms with van der Waals surface area (Å²) in [7, 11) is 0. The first kappa shape index (κ1) is 18.6. The number of carbonyl (C=O) groups is 4. The lowest BCUT2D eigenvalue weighted by atomic mass is 10.0. The van der Waals surface area contributed by atoms with Crippen molar-refractivity contribution in [3.8, 4) is 0 Å². The second kappa shape index (κ2) is 7.92. The predicted molar refractivity (Wildman–Crippen MR) is 90.5 cm³/mol. The van der Waals surface area contributed by atoms with Crippen molar-refractivity contribution in [2.75, 3.05) is 6.54 Å². The molecule has 3 amide bonds. The maximum absolute atomic E-state index is 12.4. The lowest BCUT2D eigenvalue weighted by Crippen LogP contribution is -2.40. The van der Waals surface area contributed by atoms with E-state index in [0.717, 1.165) is 12.8 Å². The number of imide groups is 1. The van der Waals surface area contributed by atoms with Crippen molar-refractivity contribution in [3.63, 3.8) is 0 Å². The van der Waals surface area contributed by atoms with E-state index in [1.807, 2.05) is 13.8 Å². The zero-order valence-corrected chi connectivity index (χ0v) is 14.4. The number of benzene rings is 1. The Morgan fingerprint density at radius 1 is 1.12 bits per heavy atom. The van der Waals surface area contributed by atoms with Crippen molar-refractivity contribution in [3.05, 3.63) is 34.9 Å². The Bertz CT molecular complexity index is 713. The Morgan fingerprint density at radius 2 is 1.80 bits per heavy atom. The molecule has 0 aromatic heterocycles. The van der Waals surface area contributed by atoms with Gasteiger partial charge in [-0.05, 0) is 31.0 Å². The molecule has 0 radical (unpaired) electrons. The molecule has 0 bridgehead atoms. The van der Waals surface area contributed by atoms with Gasteiger partial charge in [-0.2, -0.15) is 0 Å². The van der Waals surface area contributed by atoms with E-state index in [0.29, 0.717) is 19.4 Å². The lowest BCUT2D eigenvalue weighted by Gasteiger charge is -2.13. The molecule has 1 aliphatic heterocycles. The minimum Gasteiger partial charge on any atom is -0.480 e. The van der Waals surface area contributed by atoms with Gasteiger partial charge in [0.05, 0.1) is 11.1 Å². The van der Waals surface area contributed by atoms with Crippen LogP contribution in [-0.2, 0) is 4.79 Å². The zero-order chi connectivity index (χ0) is 18.6. The van der Waals surface area contributed by atoms with Gasteiger partial charge in [0, 0.05) is 12.1 Å². The number of aliphatic carboxylic acids is 1. The van der Waals surface area contributed by atoms with Gasteiger partial charge in [-0.3, -0.25) is 19.3 Å². The Labute approximate surface area is 146 Å². The number of carboxylic acid groups (broad SMARTS) is 1. The summed E-state index contributed by atoms with van der Waals surface area (Å²) in [5, 5.41) is 11.6. The second-order valence-electron chi connectivity index (χ2n) is 6.03. The van der Waals surface area contributed by atoms with Gasteiger partial charge in [-0.15, -0.1) is 0 Å². The van der Waals surface area contributed by atoms with Crippen LogP contribution in [0.5, 0.6) is 0 Å². The molecule has 1 aliphatic rings. The summed E-state index contributed by atoms with van der Waals surface area (Å²) in [4.78, 5) is 49.3. The third-order valence-corrected chi connectivity index (χ3v) is 4.15. The van der Waals surface area contributed by atoms with Gasteiger partial charge in [0.15, 0.2) is 0 Å². The molecule has 1 heterocycles. The van der Waals surface area contributed by atoms with Crippen LogP contribution in [0.2, 0.25) is 0 Å². The number of fused-ring (bicyclic) bond motifs is 1. The van der Waals surface area contributed by atoms with Gasteiger partial charge >= 0.3 is 5.97 Å². The molecule has 1 aromatic carbocycles. The first-order valence-corrected chi connectivity index (χ1v) is 8.44. The molecule has 0 aliphatic carbocycles. The number of nitrogens with zero attached hydrogens (tertiary/aromatic N) is 1. The lowest BCUT2D eigenvalue weighted by molar-refractivity contribution is -0.139. The SMILES string of the molecule is CCCCN1C(=O)c2ccc(C(=O)NC(CCC)C(=O)O)cc2C1=O. The van der Waals surface area contributed by atoms with Crippen molar-refractivity contribution in [1.82, 2.24) is 10.2 Å². The van der Waals surface area contributed by atoms with Crippen LogP contribution < -0.4 is 5.32 Å². The molecular formula is C18H22N2O5. The summed E-state index contributed by atoms with van der Waals surface area (Å²) in [6.45, 7) is 4.14. The third-order valence-electron chi connectivity index (χ3n) is 4.15. The summed E-state index contributed by atoms with van der Waals surface area (Å²) >= 11 is 0. The topological polar surface area (TPSA) is 104 Å². The largest absolute Gasteiger partial charge is 0.480 e. The fourth-order valence-electron chi connectivity index (χ4n) is 2.74. The monoisotopic (exact) mass is 346 g/mol. The summed E-state index contributed by atoms with van der Waals surface area (Å²) in [5.74, 6) is -2.44. The molecule has 1 atom stereocenters. The van der Waals surface area contributed by atoms with Crippen LogP contribution in [0.15, 0.2) is 18.2 Å². The van der Waals surface area contributed by atoms with Crippen LogP contribution in [0.3, 0.4) is 0 Å². The van der Waals surface area contributed by atoms with Gasteiger partial charge < -0.3 is 10.4 Å². The van der Waals surface area contributed by atoms with E-state index >= 15 is 0 Å². The van der Waals surface area contributed by atoms with Crippen molar-refractivity contribution in [2.45, 2.75) is 45.6 Å². The van der Waals surface area contributed by atoms with Gasteiger partial charge in [0.25, 0.3) is 17.7 Å². The molecule has 7 heteroatoms. The van der Waals surface area contributed by atoms with E-state index in [-0.39, 0.29) is 22.6 Å². The zero-order valence-electron chi connectivity index (χ0n) is 14.4. The molecule has 1 unspecified atom stereocenters. The Morgan fingerprint density at radius 3 is 2.40 bits per heavy atom. The van der Waals surface area contributed by atoms with Crippen molar-refractivity contribution in [1.29, 1.82) is 0 Å². The highest BCUT2D eigenvalue weighted by Crippen LogP contribution is 2.24. The van der Waals surface area contributed by atoms with Crippen LogP contribution in [0.25, 0.3) is 0 Å². The van der Waals surface area contributed by atoms with Crippen molar-refractivity contribution in [2.24, 2.45) is 0 Å². The van der Waals surface area contributed by atoms with E-state index in [2.05, 4.69) is 5.32 Å². The Hall–Kier alpha value is -2.70. The smallest absolute Gasteiger partial charge is 0.326 e. The normalized spacial score (nSPS) is 14.4. The van der Waals surface area contributed by atoms with E-state index in [4.69, 9.17) is 5.11 Å². The fraction of sp³-hybridized carbons (Fsp3) is 0.444. The van der Waals surface area contributed by atoms with Gasteiger partial charge in [-0.1, -0.05) is 26.7 Å². The minimum atomic E-state index is -1.10. The van der Waals surface area contributed by atoms with Crippen LogP contribution in [0, 0.1) is 0 Å². The predicted octanol–water partition coefficient (Wildman–Crippen LogP) is 2.07. The highest BCUT2D eigenvalue weighted by molar-refractivity contribution is 6.22. The summed E-state index contributed by atoms with van der Waals surface area (Å²) < 4.78 is 0. The molecule has 0 spiro atoms. The van der Waals surface area contributed by atoms with Crippen molar-refractivity contribution < 1.29 is 24.3 Å². The average molecular weight is 346 g/mol. The molecule has 0 saturated carbocycles. The molecule has 134 valence electrons. The summed E-state index contributed by atoms with van der Waals surface area (Å²) in [6.07, 6.45) is 2.50. The number of carbonyl (C=O) groups excluding carboxylic acids is 3. The number of hydrogen-bond donors (Lipinski definition) is 2. The molecule has 7 nitrogen and oxygen atoms in total. The number of hydrogen-bond acceptors (Lipinski definition) is 4. The first-order valence-electron chi connectivity index (χ1n) is 8.44. The van der Waals surface area contributed by atoms with E-state index < -0.39 is 23.8 Å².